The van der Waals surface area contributed by atoms with Gasteiger partial charge in [-0.1, -0.05) is 19.3 Å². The van der Waals surface area contributed by atoms with Crippen LogP contribution in [0.15, 0.2) is 0 Å². The quantitative estimate of drug-likeness (QED) is 0.859. The summed E-state index contributed by atoms with van der Waals surface area (Å²) in [5, 5.41) is 10.8. The van der Waals surface area contributed by atoms with Gasteiger partial charge >= 0.3 is 0 Å². The van der Waals surface area contributed by atoms with E-state index in [1.807, 2.05) is 6.92 Å². The number of nitrogens with one attached hydrogen (secondary N) is 2. The fourth-order valence-electron chi connectivity index (χ4n) is 3.30. The van der Waals surface area contributed by atoms with Gasteiger partial charge in [-0.25, -0.2) is 4.98 Å². The van der Waals surface area contributed by atoms with Crippen LogP contribution < -0.4 is 5.32 Å². The van der Waals surface area contributed by atoms with E-state index in [1.54, 1.807) is 0 Å². The molecule has 0 amide bonds. The summed E-state index contributed by atoms with van der Waals surface area (Å²) in [4.78, 5) is 6.84. The molecule has 2 heterocycles. The van der Waals surface area contributed by atoms with Crippen LogP contribution in [0.4, 0.5) is 0 Å². The van der Waals surface area contributed by atoms with Crippen LogP contribution in [-0.4, -0.2) is 58.9 Å². The largest absolute Gasteiger partial charge is 0.367 e. The van der Waals surface area contributed by atoms with Crippen molar-refractivity contribution in [2.45, 2.75) is 51.2 Å². The van der Waals surface area contributed by atoms with Crippen LogP contribution in [0, 0.1) is 6.92 Å². The van der Waals surface area contributed by atoms with Gasteiger partial charge in [0.15, 0.2) is 5.82 Å². The van der Waals surface area contributed by atoms with Gasteiger partial charge in [0.25, 0.3) is 0 Å². The standard InChI is InChI=1S/C15H27N5O/c1-12-17-15(19-18-12)14-11-20(9-10-21-14)8-7-16-13-5-3-2-4-6-13/h13-14,16H,2-11H2,1H3,(H,17,18,19). The van der Waals surface area contributed by atoms with E-state index in [1.165, 1.54) is 32.1 Å². The minimum Gasteiger partial charge on any atom is -0.367 e. The molecular formula is C15H27N5O. The van der Waals surface area contributed by atoms with Gasteiger partial charge in [0.1, 0.15) is 11.9 Å². The summed E-state index contributed by atoms with van der Waals surface area (Å²) in [5.74, 6) is 1.64. The van der Waals surface area contributed by atoms with Crippen molar-refractivity contribution in [2.24, 2.45) is 0 Å². The van der Waals surface area contributed by atoms with Crippen LogP contribution in [0.1, 0.15) is 49.9 Å². The summed E-state index contributed by atoms with van der Waals surface area (Å²) >= 11 is 0. The van der Waals surface area contributed by atoms with E-state index < -0.39 is 0 Å². The topological polar surface area (TPSA) is 66.1 Å². The Morgan fingerprint density at radius 3 is 2.95 bits per heavy atom. The Morgan fingerprint density at radius 2 is 2.19 bits per heavy atom. The van der Waals surface area contributed by atoms with E-state index in [9.17, 15) is 0 Å². The lowest BCUT2D eigenvalue weighted by Gasteiger charge is -2.32. The summed E-state index contributed by atoms with van der Waals surface area (Å²) < 4.78 is 5.80. The number of hydrogen-bond acceptors (Lipinski definition) is 5. The van der Waals surface area contributed by atoms with E-state index in [-0.39, 0.29) is 6.10 Å². The Hall–Kier alpha value is -0.980. The molecule has 1 unspecified atom stereocenters. The van der Waals surface area contributed by atoms with Crippen molar-refractivity contribution < 1.29 is 4.74 Å². The summed E-state index contributed by atoms with van der Waals surface area (Å²) in [7, 11) is 0. The van der Waals surface area contributed by atoms with Crippen molar-refractivity contribution in [3.63, 3.8) is 0 Å². The maximum atomic E-state index is 5.80. The number of nitrogens with zero attached hydrogens (tertiary/aromatic N) is 3. The Bertz CT molecular complexity index is 429. The van der Waals surface area contributed by atoms with Gasteiger partial charge in [0.2, 0.25) is 0 Å². The lowest BCUT2D eigenvalue weighted by atomic mass is 9.95. The van der Waals surface area contributed by atoms with Gasteiger partial charge in [0.05, 0.1) is 6.61 Å². The highest BCUT2D eigenvalue weighted by Crippen LogP contribution is 2.19. The molecule has 1 aliphatic carbocycles. The predicted molar refractivity (Wildman–Crippen MR) is 81.1 cm³/mol. The monoisotopic (exact) mass is 293 g/mol. The van der Waals surface area contributed by atoms with Crippen molar-refractivity contribution in [3.05, 3.63) is 11.6 Å². The molecule has 0 aromatic carbocycles. The van der Waals surface area contributed by atoms with Crippen LogP contribution in [0.3, 0.4) is 0 Å². The van der Waals surface area contributed by atoms with Crippen molar-refractivity contribution in [3.8, 4) is 0 Å². The van der Waals surface area contributed by atoms with Gasteiger partial charge in [-0.3, -0.25) is 10.00 Å². The molecule has 2 fully saturated rings. The zero-order valence-corrected chi connectivity index (χ0v) is 13.0. The molecule has 0 radical (unpaired) electrons. The van der Waals surface area contributed by atoms with Crippen molar-refractivity contribution in [1.29, 1.82) is 0 Å². The molecule has 3 rings (SSSR count). The van der Waals surface area contributed by atoms with E-state index in [4.69, 9.17) is 4.74 Å². The molecule has 1 atom stereocenters. The molecule has 0 bridgehead atoms. The highest BCUT2D eigenvalue weighted by molar-refractivity contribution is 4.95. The second-order valence-electron chi connectivity index (χ2n) is 6.23. The smallest absolute Gasteiger partial charge is 0.180 e. The number of H-pyrrole nitrogens is 1. The van der Waals surface area contributed by atoms with Gasteiger partial charge in [-0.05, 0) is 19.8 Å². The van der Waals surface area contributed by atoms with Crippen molar-refractivity contribution in [1.82, 2.24) is 25.4 Å². The highest BCUT2D eigenvalue weighted by Gasteiger charge is 2.25. The first-order chi connectivity index (χ1) is 10.3. The summed E-state index contributed by atoms with van der Waals surface area (Å²) in [6, 6.07) is 0.742. The van der Waals surface area contributed by atoms with Crippen LogP contribution in [-0.2, 0) is 4.74 Å². The summed E-state index contributed by atoms with van der Waals surface area (Å²) in [5.41, 5.74) is 0. The maximum absolute atomic E-state index is 5.80. The van der Waals surface area contributed by atoms with Crippen LogP contribution >= 0.6 is 0 Å². The summed E-state index contributed by atoms with van der Waals surface area (Å²) in [6.45, 7) is 6.74. The third-order valence-corrected chi connectivity index (χ3v) is 4.52. The molecule has 2 aliphatic rings. The zero-order valence-electron chi connectivity index (χ0n) is 13.0. The second kappa shape index (κ2) is 7.33. The number of hydrogen-bond donors (Lipinski definition) is 2. The Morgan fingerprint density at radius 1 is 1.33 bits per heavy atom. The first-order valence-electron chi connectivity index (χ1n) is 8.27. The minimum atomic E-state index is 0.0124. The van der Waals surface area contributed by atoms with E-state index in [0.717, 1.165) is 50.5 Å². The third-order valence-electron chi connectivity index (χ3n) is 4.52. The summed E-state index contributed by atoms with van der Waals surface area (Å²) in [6.07, 6.45) is 6.91. The molecule has 1 saturated heterocycles. The Balaban J connectivity index is 1.41. The van der Waals surface area contributed by atoms with E-state index in [2.05, 4.69) is 25.4 Å². The molecule has 2 N–H and O–H groups in total. The average molecular weight is 293 g/mol. The molecule has 6 heteroatoms. The lowest BCUT2D eigenvalue weighted by molar-refractivity contribution is -0.0338. The first-order valence-corrected chi connectivity index (χ1v) is 8.27. The number of morpholine rings is 1. The van der Waals surface area contributed by atoms with Crippen LogP contribution in [0.2, 0.25) is 0 Å². The normalized spacial score (nSPS) is 25.3. The third kappa shape index (κ3) is 4.25. The Labute approximate surface area is 126 Å². The maximum Gasteiger partial charge on any atom is 0.180 e. The molecule has 0 spiro atoms. The van der Waals surface area contributed by atoms with Crippen molar-refractivity contribution in [2.75, 3.05) is 32.8 Å². The van der Waals surface area contributed by atoms with Crippen LogP contribution in [0.25, 0.3) is 0 Å². The van der Waals surface area contributed by atoms with Gasteiger partial charge < -0.3 is 10.1 Å². The lowest BCUT2D eigenvalue weighted by Crippen LogP contribution is -2.43. The number of aromatic amines is 1. The molecule has 21 heavy (non-hydrogen) atoms. The van der Waals surface area contributed by atoms with E-state index >= 15 is 0 Å². The van der Waals surface area contributed by atoms with Gasteiger partial charge in [-0.15, -0.1) is 0 Å². The van der Waals surface area contributed by atoms with Crippen LogP contribution in [0.5, 0.6) is 0 Å². The number of rotatable bonds is 5. The fourth-order valence-corrected chi connectivity index (χ4v) is 3.30. The molecule has 6 nitrogen and oxygen atoms in total. The molecule has 1 aromatic rings. The predicted octanol–water partition coefficient (Wildman–Crippen LogP) is 1.41. The second-order valence-corrected chi connectivity index (χ2v) is 6.23. The molecule has 1 aliphatic heterocycles. The first kappa shape index (κ1) is 14.9. The molecule has 1 saturated carbocycles. The number of aromatic nitrogens is 3. The number of aryl methyl sites for hydroxylation is 1. The number of ether oxygens (including phenoxy) is 1. The minimum absolute atomic E-state index is 0.0124. The SMILES string of the molecule is Cc1nc(C2CN(CCNC3CCCCC3)CCO2)n[nH]1. The van der Waals surface area contributed by atoms with Crippen molar-refractivity contribution >= 4 is 0 Å². The average Bonchev–Trinajstić information content (AvgIpc) is 2.95. The molecule has 1 aromatic heterocycles. The van der Waals surface area contributed by atoms with Gasteiger partial charge in [-0.2, -0.15) is 5.10 Å². The van der Waals surface area contributed by atoms with E-state index in [0.29, 0.717) is 0 Å². The Kier molecular flexibility index (Phi) is 5.22. The molecule has 118 valence electrons. The molecular weight excluding hydrogens is 266 g/mol. The fraction of sp³-hybridized carbons (Fsp3) is 0.867. The highest BCUT2D eigenvalue weighted by atomic mass is 16.5. The zero-order chi connectivity index (χ0) is 14.5. The van der Waals surface area contributed by atoms with Gasteiger partial charge in [0, 0.05) is 32.2 Å².